The first kappa shape index (κ1) is 20.6. The molecule has 2 rings (SSSR count). The Balaban J connectivity index is 2.15. The molecule has 0 spiro atoms. The lowest BCUT2D eigenvalue weighted by Crippen LogP contribution is -2.47. The van der Waals surface area contributed by atoms with Crippen molar-refractivity contribution in [2.75, 3.05) is 11.6 Å². The number of nitrogens with one attached hydrogen (secondary N) is 2. The Morgan fingerprint density at radius 3 is 2.22 bits per heavy atom. The van der Waals surface area contributed by atoms with Crippen LogP contribution < -0.4 is 10.6 Å². The maximum Gasteiger partial charge on any atom is 0.251 e. The number of hydrogen-bond acceptors (Lipinski definition) is 4. The van der Waals surface area contributed by atoms with Crippen LogP contribution in [-0.2, 0) is 14.6 Å². The number of halogens is 1. The minimum atomic E-state index is -3.41. The molecule has 0 aliphatic rings. The van der Waals surface area contributed by atoms with Crippen LogP contribution in [0, 0.1) is 11.7 Å². The van der Waals surface area contributed by atoms with Gasteiger partial charge in [0.1, 0.15) is 11.9 Å². The first-order valence-electron chi connectivity index (χ1n) is 8.25. The Labute approximate surface area is 157 Å². The highest BCUT2D eigenvalue weighted by molar-refractivity contribution is 7.90. The molecule has 0 saturated carbocycles. The van der Waals surface area contributed by atoms with Crippen molar-refractivity contribution in [1.29, 1.82) is 0 Å². The summed E-state index contributed by atoms with van der Waals surface area (Å²) < 4.78 is 36.3. The summed E-state index contributed by atoms with van der Waals surface area (Å²) in [7, 11) is -3.41. The maximum atomic E-state index is 13.0. The topological polar surface area (TPSA) is 92.3 Å². The minimum Gasteiger partial charge on any atom is -0.340 e. The van der Waals surface area contributed by atoms with E-state index in [1.54, 1.807) is 19.9 Å². The molecule has 2 amide bonds. The monoisotopic (exact) mass is 392 g/mol. The molecule has 6 nitrogen and oxygen atoms in total. The second-order valence-electron chi connectivity index (χ2n) is 6.49. The zero-order chi connectivity index (χ0) is 20.2. The molecule has 0 bridgehead atoms. The second kappa shape index (κ2) is 8.30. The van der Waals surface area contributed by atoms with E-state index in [0.717, 1.165) is 18.4 Å². The van der Waals surface area contributed by atoms with Crippen LogP contribution in [0.2, 0.25) is 0 Å². The molecule has 0 aromatic heterocycles. The van der Waals surface area contributed by atoms with Crippen LogP contribution in [0.3, 0.4) is 0 Å². The van der Waals surface area contributed by atoms with Gasteiger partial charge in [-0.25, -0.2) is 12.8 Å². The molecule has 0 aliphatic carbocycles. The fourth-order valence-electron chi connectivity index (χ4n) is 2.39. The summed E-state index contributed by atoms with van der Waals surface area (Å²) in [5.74, 6) is -1.68. The van der Waals surface area contributed by atoms with Gasteiger partial charge >= 0.3 is 0 Å². The van der Waals surface area contributed by atoms with E-state index in [4.69, 9.17) is 0 Å². The lowest BCUT2D eigenvalue weighted by molar-refractivity contribution is -0.118. The molecule has 1 atom stereocenters. The van der Waals surface area contributed by atoms with E-state index in [-0.39, 0.29) is 16.4 Å². The summed E-state index contributed by atoms with van der Waals surface area (Å²) >= 11 is 0. The number of carbonyl (C=O) groups excluding carboxylic acids is 2. The molecule has 2 aromatic carbocycles. The molecule has 0 fully saturated rings. The lowest BCUT2D eigenvalue weighted by atomic mass is 10.0. The molecule has 144 valence electrons. The second-order valence-corrected chi connectivity index (χ2v) is 8.51. The van der Waals surface area contributed by atoms with Gasteiger partial charge in [-0.1, -0.05) is 19.9 Å². The van der Waals surface area contributed by atoms with Crippen LogP contribution in [0.5, 0.6) is 0 Å². The molecule has 0 heterocycles. The van der Waals surface area contributed by atoms with Crippen molar-refractivity contribution in [3.05, 3.63) is 59.9 Å². The van der Waals surface area contributed by atoms with Crippen LogP contribution in [0.15, 0.2) is 53.4 Å². The van der Waals surface area contributed by atoms with Crippen molar-refractivity contribution in [2.24, 2.45) is 5.92 Å². The summed E-state index contributed by atoms with van der Waals surface area (Å²) in [5.41, 5.74) is 0.540. The van der Waals surface area contributed by atoms with Gasteiger partial charge in [0.25, 0.3) is 5.91 Å². The van der Waals surface area contributed by atoms with Gasteiger partial charge in [-0.2, -0.15) is 0 Å². The fourth-order valence-corrected chi connectivity index (χ4v) is 3.05. The average molecular weight is 392 g/mol. The highest BCUT2D eigenvalue weighted by Crippen LogP contribution is 2.16. The average Bonchev–Trinajstić information content (AvgIpc) is 2.59. The lowest BCUT2D eigenvalue weighted by Gasteiger charge is -2.22. The van der Waals surface area contributed by atoms with Crippen molar-refractivity contribution < 1.29 is 22.4 Å². The van der Waals surface area contributed by atoms with E-state index in [1.165, 1.54) is 30.3 Å². The van der Waals surface area contributed by atoms with E-state index in [1.807, 2.05) is 0 Å². The van der Waals surface area contributed by atoms with Crippen molar-refractivity contribution in [2.45, 2.75) is 24.8 Å². The number of rotatable bonds is 6. The predicted octanol–water partition coefficient (Wildman–Crippen LogP) is 2.62. The first-order valence-corrected chi connectivity index (χ1v) is 10.1. The van der Waals surface area contributed by atoms with Gasteiger partial charge in [0.15, 0.2) is 9.84 Å². The van der Waals surface area contributed by atoms with E-state index in [9.17, 15) is 22.4 Å². The molecule has 2 aromatic rings. The number of sulfone groups is 1. The van der Waals surface area contributed by atoms with Crippen molar-refractivity contribution >= 4 is 27.3 Å². The van der Waals surface area contributed by atoms with Crippen LogP contribution in [0.25, 0.3) is 0 Å². The van der Waals surface area contributed by atoms with E-state index in [2.05, 4.69) is 10.6 Å². The SMILES string of the molecule is CC(C)C(NC(=O)c1ccc(F)cc1)C(=O)Nc1cccc(S(C)(=O)=O)c1. The van der Waals surface area contributed by atoms with Crippen LogP contribution >= 0.6 is 0 Å². The van der Waals surface area contributed by atoms with Crippen LogP contribution in [0.4, 0.5) is 10.1 Å². The number of amides is 2. The quantitative estimate of drug-likeness (QED) is 0.790. The third-order valence-electron chi connectivity index (χ3n) is 3.87. The predicted molar refractivity (Wildman–Crippen MR) is 101 cm³/mol. The van der Waals surface area contributed by atoms with Gasteiger partial charge in [0, 0.05) is 17.5 Å². The molecule has 2 N–H and O–H groups in total. The van der Waals surface area contributed by atoms with Crippen molar-refractivity contribution in [3.8, 4) is 0 Å². The third-order valence-corrected chi connectivity index (χ3v) is 4.98. The third kappa shape index (κ3) is 5.62. The summed E-state index contributed by atoms with van der Waals surface area (Å²) in [5, 5.41) is 5.25. The maximum absolute atomic E-state index is 13.0. The van der Waals surface area contributed by atoms with Crippen LogP contribution in [-0.4, -0.2) is 32.5 Å². The molecule has 0 aliphatic heterocycles. The van der Waals surface area contributed by atoms with Crippen LogP contribution in [0.1, 0.15) is 24.2 Å². The number of anilines is 1. The fraction of sp³-hybridized carbons (Fsp3) is 0.263. The Morgan fingerprint density at radius 2 is 1.67 bits per heavy atom. The van der Waals surface area contributed by atoms with Gasteiger partial charge in [0.05, 0.1) is 4.90 Å². The van der Waals surface area contributed by atoms with Gasteiger partial charge < -0.3 is 10.6 Å². The van der Waals surface area contributed by atoms with Gasteiger partial charge in [0.2, 0.25) is 5.91 Å². The van der Waals surface area contributed by atoms with Gasteiger partial charge in [-0.3, -0.25) is 9.59 Å². The Bertz CT molecular complexity index is 940. The van der Waals surface area contributed by atoms with Gasteiger partial charge in [-0.15, -0.1) is 0 Å². The molecular weight excluding hydrogens is 371 g/mol. The van der Waals surface area contributed by atoms with E-state index in [0.29, 0.717) is 5.69 Å². The van der Waals surface area contributed by atoms with Crippen molar-refractivity contribution in [3.63, 3.8) is 0 Å². The summed E-state index contributed by atoms with van der Waals surface area (Å²) in [6.07, 6.45) is 1.08. The molecule has 0 saturated heterocycles. The Morgan fingerprint density at radius 1 is 1.04 bits per heavy atom. The number of carbonyl (C=O) groups is 2. The highest BCUT2D eigenvalue weighted by atomic mass is 32.2. The Hall–Kier alpha value is -2.74. The zero-order valence-corrected chi connectivity index (χ0v) is 16.0. The smallest absolute Gasteiger partial charge is 0.251 e. The number of benzene rings is 2. The molecular formula is C19H21FN2O4S. The van der Waals surface area contributed by atoms with E-state index >= 15 is 0 Å². The molecule has 27 heavy (non-hydrogen) atoms. The Kier molecular flexibility index (Phi) is 6.32. The number of hydrogen-bond donors (Lipinski definition) is 2. The normalized spacial score (nSPS) is 12.5. The standard InChI is InChI=1S/C19H21FN2O4S/c1-12(2)17(22-18(23)13-7-9-14(20)10-8-13)19(24)21-15-5-4-6-16(11-15)27(3,25)26/h4-12,17H,1-3H3,(H,21,24)(H,22,23). The largest absolute Gasteiger partial charge is 0.340 e. The minimum absolute atomic E-state index is 0.0803. The van der Waals surface area contributed by atoms with Gasteiger partial charge in [-0.05, 0) is 48.4 Å². The highest BCUT2D eigenvalue weighted by Gasteiger charge is 2.25. The molecule has 0 radical (unpaired) electrons. The summed E-state index contributed by atoms with van der Waals surface area (Å²) in [6, 6.07) is 9.99. The summed E-state index contributed by atoms with van der Waals surface area (Å²) in [4.78, 5) is 25.0. The van der Waals surface area contributed by atoms with Crippen molar-refractivity contribution in [1.82, 2.24) is 5.32 Å². The molecule has 8 heteroatoms. The molecule has 1 unspecified atom stereocenters. The summed E-state index contributed by atoms with van der Waals surface area (Å²) in [6.45, 7) is 3.53. The first-order chi connectivity index (χ1) is 12.6. The zero-order valence-electron chi connectivity index (χ0n) is 15.2. The van der Waals surface area contributed by atoms with E-state index < -0.39 is 33.5 Å².